The number of ether oxygens (including phenoxy) is 3. The normalized spacial score (nSPS) is 9.67. The van der Waals surface area contributed by atoms with Crippen LogP contribution in [0, 0.1) is 40.7 Å². The molecule has 5 nitrogen and oxygen atoms in total. The number of carbonyl (C=O) groups is 1. The van der Waals surface area contributed by atoms with E-state index in [0.717, 1.165) is 46.6 Å². The van der Waals surface area contributed by atoms with E-state index < -0.39 is 0 Å². The van der Waals surface area contributed by atoms with Crippen LogP contribution in [0.4, 0.5) is 0 Å². The van der Waals surface area contributed by atoms with Gasteiger partial charge in [-0.05, 0) is 74.4 Å². The number of rotatable bonds is 11. The molecular formula is C30H40CoO5-2. The Hall–Kier alpha value is -2.70. The van der Waals surface area contributed by atoms with Crippen LogP contribution in [-0.4, -0.2) is 25.8 Å². The molecule has 0 aromatic heterocycles. The van der Waals surface area contributed by atoms with Gasteiger partial charge in [0.2, 0.25) is 0 Å². The van der Waals surface area contributed by atoms with Crippen molar-refractivity contribution in [3.8, 4) is 11.5 Å². The molecule has 0 atom stereocenters. The minimum atomic E-state index is -0.357. The molecule has 0 fully saturated rings. The van der Waals surface area contributed by atoms with Crippen molar-refractivity contribution in [3.63, 3.8) is 0 Å². The van der Waals surface area contributed by atoms with Crippen molar-refractivity contribution < 1.29 is 38.5 Å². The molecule has 0 amide bonds. The van der Waals surface area contributed by atoms with Gasteiger partial charge in [0.1, 0.15) is 11.5 Å². The number of allylic oxidation sites excluding steroid dienone is 1. The van der Waals surface area contributed by atoms with Crippen LogP contribution in [0.15, 0.2) is 43.0 Å². The van der Waals surface area contributed by atoms with Crippen LogP contribution in [0.1, 0.15) is 60.1 Å². The van der Waals surface area contributed by atoms with E-state index in [4.69, 9.17) is 18.1 Å². The predicted molar refractivity (Wildman–Crippen MR) is 141 cm³/mol. The van der Waals surface area contributed by atoms with Crippen molar-refractivity contribution in [1.29, 1.82) is 0 Å². The third-order valence-corrected chi connectivity index (χ3v) is 4.96. The summed E-state index contributed by atoms with van der Waals surface area (Å²) in [4.78, 5) is 11.4. The van der Waals surface area contributed by atoms with Gasteiger partial charge in [-0.15, -0.1) is 6.42 Å². The summed E-state index contributed by atoms with van der Waals surface area (Å²) in [6.07, 6.45) is 4.75. The third-order valence-electron chi connectivity index (χ3n) is 4.96. The Morgan fingerprint density at radius 2 is 1.28 bits per heavy atom. The molecule has 0 spiro atoms. The summed E-state index contributed by atoms with van der Waals surface area (Å²) in [5, 5.41) is 0. The molecule has 0 heterocycles. The molecule has 0 aliphatic rings. The van der Waals surface area contributed by atoms with Crippen molar-refractivity contribution in [1.82, 2.24) is 0 Å². The van der Waals surface area contributed by atoms with Crippen molar-refractivity contribution in [3.05, 3.63) is 89.4 Å². The van der Waals surface area contributed by atoms with Gasteiger partial charge >= 0.3 is 25.5 Å². The molecule has 2 rings (SSSR count). The fourth-order valence-electron chi connectivity index (χ4n) is 3.67. The molecule has 0 bridgehead atoms. The Morgan fingerprint density at radius 3 is 1.64 bits per heavy atom. The summed E-state index contributed by atoms with van der Waals surface area (Å²) in [6.45, 7) is 23.8. The van der Waals surface area contributed by atoms with Crippen molar-refractivity contribution in [2.45, 2.75) is 60.8 Å². The molecule has 2 aromatic carbocycles. The van der Waals surface area contributed by atoms with E-state index >= 15 is 0 Å². The van der Waals surface area contributed by atoms with Gasteiger partial charge in [0.15, 0.2) is 0 Å². The van der Waals surface area contributed by atoms with Crippen LogP contribution < -0.4 is 9.47 Å². The first kappa shape index (κ1) is 33.3. The molecule has 0 N–H and O–H groups in total. The van der Waals surface area contributed by atoms with E-state index in [1.165, 1.54) is 11.1 Å². The first-order chi connectivity index (χ1) is 17.1. The molecule has 0 saturated heterocycles. The van der Waals surface area contributed by atoms with Crippen LogP contribution >= 0.6 is 0 Å². The Kier molecular flexibility index (Phi) is 17.2. The van der Waals surface area contributed by atoms with Gasteiger partial charge in [0.25, 0.3) is 0 Å². The number of esters is 1. The number of hydrogen-bond acceptors (Lipinski definition) is 5. The van der Waals surface area contributed by atoms with E-state index in [2.05, 4.69) is 93.8 Å². The Morgan fingerprint density at radius 1 is 0.889 bits per heavy atom. The number of benzene rings is 2. The molecular weight excluding hydrogens is 499 g/mol. The zero-order chi connectivity index (χ0) is 27.7. The van der Waals surface area contributed by atoms with Crippen LogP contribution in [0.2, 0.25) is 0 Å². The quantitative estimate of drug-likeness (QED) is 0.135. The van der Waals surface area contributed by atoms with Crippen molar-refractivity contribution >= 4 is 5.97 Å². The summed E-state index contributed by atoms with van der Waals surface area (Å²) in [5.74, 6) is 1.51. The monoisotopic (exact) mass is 539 g/mol. The zero-order valence-electron chi connectivity index (χ0n) is 22.5. The molecule has 6 heteroatoms. The van der Waals surface area contributed by atoms with E-state index in [9.17, 15) is 4.79 Å². The van der Waals surface area contributed by atoms with E-state index in [0.29, 0.717) is 31.8 Å². The van der Waals surface area contributed by atoms with Gasteiger partial charge in [-0.1, -0.05) is 30.8 Å². The fourth-order valence-corrected chi connectivity index (χ4v) is 3.67. The standard InChI is InChI=1S/C27H35O4.C3H5.Co.O/c1-8-10-29-25-19(4)13-23(14-20(25)5)17-24-15-21(6)26(22(7)16-24)30-11-9-12-31-27(28)18(2)3;1-3-2;;/h13-16H,1-2,8-12,17H2,3-7H3;1H2,2H3;;/q2*-1;;. The molecule has 0 aliphatic heterocycles. The van der Waals surface area contributed by atoms with Crippen LogP contribution in [0.5, 0.6) is 11.5 Å². The molecule has 0 saturated carbocycles. The summed E-state index contributed by atoms with van der Waals surface area (Å²) in [6, 6.07) is 8.77. The fraction of sp³-hybridized carbons (Fsp3) is 0.400. The average molecular weight is 540 g/mol. The van der Waals surface area contributed by atoms with Gasteiger partial charge in [0.05, 0.1) is 19.8 Å². The van der Waals surface area contributed by atoms with Gasteiger partial charge in [-0.25, -0.2) is 4.79 Å². The SMILES string of the molecule is C=C(C)C(=O)OCCCOc1c(C)cc(Cc2cc(C)c(OCC[CH2-])c(C)c2)cc1C.C=[C-]C.[O]=[Co]. The Bertz CT molecular complexity index is 951. The van der Waals surface area contributed by atoms with Gasteiger partial charge < -0.3 is 27.2 Å². The van der Waals surface area contributed by atoms with E-state index in [-0.39, 0.29) is 5.97 Å². The molecule has 0 aliphatic carbocycles. The predicted octanol–water partition coefficient (Wildman–Crippen LogP) is 6.88. The molecule has 36 heavy (non-hydrogen) atoms. The molecule has 0 radical (unpaired) electrons. The molecule has 201 valence electrons. The first-order valence-corrected chi connectivity index (χ1v) is 12.2. The maximum absolute atomic E-state index is 11.4. The molecule has 2 aromatic rings. The average Bonchev–Trinajstić information content (AvgIpc) is 2.81. The molecule has 0 unspecified atom stereocenters. The number of aryl methyl sites for hydroxylation is 4. The maximum atomic E-state index is 11.4. The van der Waals surface area contributed by atoms with Crippen molar-refractivity contribution in [2.75, 3.05) is 19.8 Å². The van der Waals surface area contributed by atoms with Gasteiger partial charge in [0, 0.05) is 12.0 Å². The van der Waals surface area contributed by atoms with E-state index in [1.54, 1.807) is 13.8 Å². The first-order valence-electron chi connectivity index (χ1n) is 11.8. The topological polar surface area (TPSA) is 61.8 Å². The zero-order valence-corrected chi connectivity index (χ0v) is 23.6. The second-order valence-corrected chi connectivity index (χ2v) is 8.47. The van der Waals surface area contributed by atoms with Crippen LogP contribution in [0.25, 0.3) is 0 Å². The Balaban J connectivity index is 0.00000227. The number of hydrogen-bond donors (Lipinski definition) is 0. The van der Waals surface area contributed by atoms with Crippen molar-refractivity contribution in [2.24, 2.45) is 0 Å². The summed E-state index contributed by atoms with van der Waals surface area (Å²) in [7, 11) is 0. The third kappa shape index (κ3) is 11.8. The summed E-state index contributed by atoms with van der Waals surface area (Å²) in [5.41, 5.74) is 7.46. The number of carbonyl (C=O) groups excluding carboxylic acids is 1. The summed E-state index contributed by atoms with van der Waals surface area (Å²) < 4.78 is 24.9. The second-order valence-electron chi connectivity index (χ2n) is 8.47. The second kappa shape index (κ2) is 18.5. The minimum absolute atomic E-state index is 0.328. The van der Waals surface area contributed by atoms with Crippen LogP contribution in [-0.2, 0) is 35.5 Å². The van der Waals surface area contributed by atoms with Gasteiger partial charge in [-0.3, -0.25) is 6.58 Å². The van der Waals surface area contributed by atoms with Crippen LogP contribution in [0.3, 0.4) is 0 Å². The Labute approximate surface area is 225 Å². The van der Waals surface area contributed by atoms with Gasteiger partial charge in [-0.2, -0.15) is 6.92 Å². The van der Waals surface area contributed by atoms with E-state index in [1.807, 2.05) is 0 Å². The summed E-state index contributed by atoms with van der Waals surface area (Å²) >= 11 is 2.31.